The Morgan fingerprint density at radius 3 is 2.71 bits per heavy atom. The molecule has 1 aromatic rings. The highest BCUT2D eigenvalue weighted by Gasteiger charge is 2.16. The van der Waals surface area contributed by atoms with Crippen molar-refractivity contribution in [1.82, 2.24) is 0 Å². The quantitative estimate of drug-likeness (QED) is 0.447. The van der Waals surface area contributed by atoms with Crippen LogP contribution >= 0.6 is 0 Å². The first kappa shape index (κ1) is 13.5. The number of benzene rings is 1. The van der Waals surface area contributed by atoms with Gasteiger partial charge in [-0.25, -0.2) is 0 Å². The van der Waals surface area contributed by atoms with Crippen LogP contribution in [0.3, 0.4) is 0 Å². The third-order valence-electron chi connectivity index (χ3n) is 2.55. The van der Waals surface area contributed by atoms with Crippen molar-refractivity contribution in [2.45, 2.75) is 19.6 Å². The van der Waals surface area contributed by atoms with E-state index in [-0.39, 0.29) is 25.2 Å². The molecule has 0 saturated heterocycles. The van der Waals surface area contributed by atoms with Gasteiger partial charge in [0.2, 0.25) is 0 Å². The summed E-state index contributed by atoms with van der Waals surface area (Å²) in [5, 5.41) is 12.6. The van der Waals surface area contributed by atoms with E-state index in [2.05, 4.69) is 10.0 Å². The van der Waals surface area contributed by atoms with E-state index in [9.17, 15) is 0 Å². The largest absolute Gasteiger partial charge is 0.396 e. The Morgan fingerprint density at radius 2 is 2.12 bits per heavy atom. The van der Waals surface area contributed by atoms with Crippen molar-refractivity contribution in [2.75, 3.05) is 13.2 Å². The van der Waals surface area contributed by atoms with Crippen LogP contribution in [-0.2, 0) is 11.3 Å². The molecule has 0 spiro atoms. The first-order valence-electron chi connectivity index (χ1n) is 5.55. The maximum atomic E-state index is 9.09. The minimum Gasteiger partial charge on any atom is -0.396 e. The lowest BCUT2D eigenvalue weighted by atomic mass is 10.1. The van der Waals surface area contributed by atoms with Crippen LogP contribution in [0.5, 0.6) is 0 Å². The first-order valence-corrected chi connectivity index (χ1v) is 5.55. The molecule has 5 heteroatoms. The van der Waals surface area contributed by atoms with Gasteiger partial charge in [0.05, 0.1) is 19.3 Å². The maximum absolute atomic E-state index is 9.09. The fraction of sp³-hybridized carbons (Fsp3) is 0.500. The van der Waals surface area contributed by atoms with Gasteiger partial charge in [-0.3, -0.25) is 0 Å². The molecule has 0 radical (unpaired) electrons. The first-order chi connectivity index (χ1) is 8.27. The van der Waals surface area contributed by atoms with Crippen molar-refractivity contribution in [1.29, 1.82) is 0 Å². The van der Waals surface area contributed by atoms with Crippen molar-refractivity contribution in [2.24, 2.45) is 11.0 Å². The number of hydrogen-bond donors (Lipinski definition) is 1. The molecule has 0 saturated carbocycles. The normalized spacial score (nSPS) is 13.8. The second kappa shape index (κ2) is 7.68. The molecule has 0 amide bonds. The second-order valence-electron chi connectivity index (χ2n) is 3.91. The van der Waals surface area contributed by atoms with Crippen molar-refractivity contribution in [3.05, 3.63) is 46.3 Å². The highest BCUT2D eigenvalue weighted by Crippen LogP contribution is 2.11. The minimum atomic E-state index is -0.254. The standard InChI is InChI=1S/C12H17N3O2/c1-10(8-16)12(7-14-15-13)17-9-11-5-3-2-4-6-11/h2-6,10,12,16H,7-9H2,1H3/t10-,12+/m1/s1. The molecular weight excluding hydrogens is 218 g/mol. The van der Waals surface area contributed by atoms with Crippen LogP contribution in [0, 0.1) is 5.92 Å². The SMILES string of the molecule is C[C@H](CO)[C@H](CN=[N+]=[N-])OCc1ccccc1. The molecule has 1 N–H and O–H groups in total. The summed E-state index contributed by atoms with van der Waals surface area (Å²) >= 11 is 0. The van der Waals surface area contributed by atoms with Gasteiger partial charge < -0.3 is 9.84 Å². The Balaban J connectivity index is 2.51. The van der Waals surface area contributed by atoms with Crippen LogP contribution in [0.25, 0.3) is 10.4 Å². The molecule has 0 aliphatic carbocycles. The monoisotopic (exact) mass is 235 g/mol. The van der Waals surface area contributed by atoms with Gasteiger partial charge in [0, 0.05) is 17.4 Å². The summed E-state index contributed by atoms with van der Waals surface area (Å²) in [4.78, 5) is 2.71. The van der Waals surface area contributed by atoms with Crippen LogP contribution in [0.2, 0.25) is 0 Å². The third-order valence-corrected chi connectivity index (χ3v) is 2.55. The lowest BCUT2D eigenvalue weighted by Crippen LogP contribution is -2.27. The molecule has 1 rings (SSSR count). The number of aliphatic hydroxyl groups excluding tert-OH is 1. The zero-order valence-corrected chi connectivity index (χ0v) is 9.86. The van der Waals surface area contributed by atoms with E-state index in [1.54, 1.807) is 0 Å². The van der Waals surface area contributed by atoms with E-state index in [1.165, 1.54) is 0 Å². The van der Waals surface area contributed by atoms with Crippen LogP contribution in [0.4, 0.5) is 0 Å². The zero-order chi connectivity index (χ0) is 12.5. The van der Waals surface area contributed by atoms with Gasteiger partial charge in [-0.15, -0.1) is 0 Å². The molecule has 1 aromatic carbocycles. The highest BCUT2D eigenvalue weighted by atomic mass is 16.5. The number of aliphatic hydroxyl groups is 1. The van der Waals surface area contributed by atoms with Gasteiger partial charge in [0.15, 0.2) is 0 Å². The summed E-state index contributed by atoms with van der Waals surface area (Å²) in [7, 11) is 0. The maximum Gasteiger partial charge on any atom is 0.0720 e. The summed E-state index contributed by atoms with van der Waals surface area (Å²) in [5.74, 6) is -0.0517. The number of nitrogens with zero attached hydrogens (tertiary/aromatic N) is 3. The summed E-state index contributed by atoms with van der Waals surface area (Å²) in [6, 6.07) is 9.76. The molecule has 0 unspecified atom stereocenters. The van der Waals surface area contributed by atoms with E-state index in [4.69, 9.17) is 15.4 Å². The van der Waals surface area contributed by atoms with E-state index in [1.807, 2.05) is 37.3 Å². The van der Waals surface area contributed by atoms with Crippen molar-refractivity contribution in [3.63, 3.8) is 0 Å². The Morgan fingerprint density at radius 1 is 1.41 bits per heavy atom. The Bertz CT molecular complexity index is 363. The smallest absolute Gasteiger partial charge is 0.0720 e. The second-order valence-corrected chi connectivity index (χ2v) is 3.91. The number of ether oxygens (including phenoxy) is 1. The van der Waals surface area contributed by atoms with Crippen LogP contribution in [0.15, 0.2) is 35.4 Å². The van der Waals surface area contributed by atoms with Crippen molar-refractivity contribution < 1.29 is 9.84 Å². The summed E-state index contributed by atoms with van der Waals surface area (Å²) in [6.45, 7) is 2.57. The molecule has 0 fully saturated rings. The Hall–Kier alpha value is -1.55. The van der Waals surface area contributed by atoms with Crippen LogP contribution in [-0.4, -0.2) is 24.4 Å². The van der Waals surface area contributed by atoms with E-state index in [0.29, 0.717) is 6.61 Å². The molecular formula is C12H17N3O2. The summed E-state index contributed by atoms with van der Waals surface area (Å²) in [6.07, 6.45) is -0.254. The molecule has 0 bridgehead atoms. The number of hydrogen-bond acceptors (Lipinski definition) is 3. The molecule has 0 aromatic heterocycles. The molecule has 5 nitrogen and oxygen atoms in total. The summed E-state index contributed by atoms with van der Waals surface area (Å²) in [5.41, 5.74) is 9.35. The van der Waals surface area contributed by atoms with E-state index < -0.39 is 0 Å². The van der Waals surface area contributed by atoms with Gasteiger partial charge in [0.25, 0.3) is 0 Å². The van der Waals surface area contributed by atoms with Crippen molar-refractivity contribution >= 4 is 0 Å². The number of azide groups is 1. The van der Waals surface area contributed by atoms with Crippen LogP contribution < -0.4 is 0 Å². The Kier molecular flexibility index (Phi) is 6.10. The predicted octanol–water partition coefficient (Wildman–Crippen LogP) is 2.51. The molecule has 0 aliphatic rings. The topological polar surface area (TPSA) is 78.2 Å². The minimum absolute atomic E-state index is 0.0143. The molecule has 0 aliphatic heterocycles. The van der Waals surface area contributed by atoms with Gasteiger partial charge >= 0.3 is 0 Å². The lowest BCUT2D eigenvalue weighted by Gasteiger charge is -2.21. The molecule has 2 atom stereocenters. The molecule has 17 heavy (non-hydrogen) atoms. The summed E-state index contributed by atoms with van der Waals surface area (Å²) < 4.78 is 5.66. The lowest BCUT2D eigenvalue weighted by molar-refractivity contribution is -0.00444. The van der Waals surface area contributed by atoms with Gasteiger partial charge in [-0.05, 0) is 11.1 Å². The highest BCUT2D eigenvalue weighted by molar-refractivity contribution is 5.13. The fourth-order valence-electron chi connectivity index (χ4n) is 1.41. The molecule has 92 valence electrons. The Labute approximate surface area is 101 Å². The van der Waals surface area contributed by atoms with Crippen LogP contribution in [0.1, 0.15) is 12.5 Å². The van der Waals surface area contributed by atoms with Gasteiger partial charge in [-0.1, -0.05) is 42.4 Å². The number of rotatable bonds is 7. The zero-order valence-electron chi connectivity index (χ0n) is 9.86. The molecule has 0 heterocycles. The van der Waals surface area contributed by atoms with Gasteiger partial charge in [0.1, 0.15) is 0 Å². The third kappa shape index (κ3) is 4.87. The predicted molar refractivity (Wildman–Crippen MR) is 65.3 cm³/mol. The van der Waals surface area contributed by atoms with E-state index in [0.717, 1.165) is 5.56 Å². The van der Waals surface area contributed by atoms with E-state index >= 15 is 0 Å². The average Bonchev–Trinajstić information content (AvgIpc) is 2.39. The average molecular weight is 235 g/mol. The fourth-order valence-corrected chi connectivity index (χ4v) is 1.41. The van der Waals surface area contributed by atoms with Crippen molar-refractivity contribution in [3.8, 4) is 0 Å². The van der Waals surface area contributed by atoms with Gasteiger partial charge in [-0.2, -0.15) is 0 Å².